The number of piperidine rings is 1. The molecular weight excluding hydrogens is 369 g/mol. The fraction of sp³-hybridized carbons (Fsp3) is 0.450. The third-order valence-corrected chi connectivity index (χ3v) is 6.97. The van der Waals surface area contributed by atoms with E-state index < -0.39 is 17.0 Å². The van der Waals surface area contributed by atoms with E-state index in [1.54, 1.807) is 18.2 Å². The van der Waals surface area contributed by atoms with Gasteiger partial charge in [0.15, 0.2) is 0 Å². The second kappa shape index (κ2) is 7.56. The molecule has 1 saturated carbocycles. The number of halogens is 1. The zero-order chi connectivity index (χ0) is 19.0. The Labute approximate surface area is 159 Å². The van der Waals surface area contributed by atoms with Crippen LogP contribution in [-0.4, -0.2) is 44.0 Å². The van der Waals surface area contributed by atoms with Crippen LogP contribution in [0, 0.1) is 5.82 Å². The Bertz CT molecular complexity index is 891. The summed E-state index contributed by atoms with van der Waals surface area (Å²) >= 11 is 0. The van der Waals surface area contributed by atoms with Gasteiger partial charge in [0, 0.05) is 23.7 Å². The first-order chi connectivity index (χ1) is 13.0. The number of carboxylic acid groups (broad SMARTS) is 1. The molecule has 144 valence electrons. The van der Waals surface area contributed by atoms with Crippen molar-refractivity contribution in [1.82, 2.24) is 4.31 Å². The molecule has 7 heteroatoms. The first-order valence-corrected chi connectivity index (χ1v) is 10.4. The fourth-order valence-corrected chi connectivity index (χ4v) is 5.05. The summed E-state index contributed by atoms with van der Waals surface area (Å²) < 4.78 is 34.2. The van der Waals surface area contributed by atoms with Crippen LogP contribution in [0.1, 0.15) is 31.2 Å². The number of carbonyl (C=O) groups is 1. The molecule has 2 fully saturated rings. The highest BCUT2D eigenvalue weighted by atomic mass is 32.2. The van der Waals surface area contributed by atoms with Crippen LogP contribution in [0.25, 0.3) is 10.8 Å². The number of ether oxygens (including phenoxy) is 1. The lowest BCUT2D eigenvalue weighted by Crippen LogP contribution is -2.40. The van der Waals surface area contributed by atoms with E-state index in [4.69, 9.17) is 9.84 Å². The summed E-state index contributed by atoms with van der Waals surface area (Å²) in [4.78, 5) is 11.1. The minimum absolute atomic E-state index is 0.0519. The molecule has 1 N–H and O–H groups in total. The summed E-state index contributed by atoms with van der Waals surface area (Å²) in [6, 6.07) is 7.89. The molecule has 1 aliphatic heterocycles. The van der Waals surface area contributed by atoms with Gasteiger partial charge in [0.1, 0.15) is 17.7 Å². The van der Waals surface area contributed by atoms with Gasteiger partial charge in [0.25, 0.3) is 0 Å². The minimum Gasteiger partial charge on any atom is -0.490 e. The lowest BCUT2D eigenvalue weighted by atomic mass is 10.0. The Morgan fingerprint density at radius 2 is 1.93 bits per heavy atom. The topological polar surface area (TPSA) is 66.8 Å². The number of aliphatic carboxylic acids is 1. The molecule has 4 rings (SSSR count). The predicted octanol–water partition coefficient (Wildman–Crippen LogP) is 3.28. The van der Waals surface area contributed by atoms with Gasteiger partial charge in [-0.25, -0.2) is 12.9 Å². The molecule has 1 unspecified atom stereocenters. The zero-order valence-electron chi connectivity index (χ0n) is 14.9. The van der Waals surface area contributed by atoms with Crippen molar-refractivity contribution >= 4 is 27.7 Å². The van der Waals surface area contributed by atoms with Crippen LogP contribution >= 0.6 is 0 Å². The minimum atomic E-state index is -0.918. The molecule has 2 aromatic rings. The largest absolute Gasteiger partial charge is 0.490 e. The molecule has 27 heavy (non-hydrogen) atoms. The standard InChI is InChI=1S/C20H22FNO4S/c21-15-2-1-14-9-13(11-20(23)24)10-19(18(14)12-15)26-16-5-7-22(8-6-16)27(25)17-3-4-17/h1-2,9-10,12,16-17H,3-8,11H2,(H,23,24). The predicted molar refractivity (Wildman–Crippen MR) is 102 cm³/mol. The summed E-state index contributed by atoms with van der Waals surface area (Å²) in [5, 5.41) is 10.8. The first kappa shape index (κ1) is 18.4. The van der Waals surface area contributed by atoms with Crippen molar-refractivity contribution in [2.45, 2.75) is 43.5 Å². The van der Waals surface area contributed by atoms with E-state index in [1.165, 1.54) is 12.1 Å². The van der Waals surface area contributed by atoms with Gasteiger partial charge in [0.05, 0.1) is 17.4 Å². The van der Waals surface area contributed by atoms with Gasteiger partial charge in [0.2, 0.25) is 0 Å². The Hall–Kier alpha value is -1.99. The van der Waals surface area contributed by atoms with Crippen molar-refractivity contribution in [3.8, 4) is 5.75 Å². The van der Waals surface area contributed by atoms with E-state index >= 15 is 0 Å². The van der Waals surface area contributed by atoms with E-state index in [2.05, 4.69) is 0 Å². The maximum absolute atomic E-state index is 13.7. The van der Waals surface area contributed by atoms with E-state index in [0.717, 1.165) is 44.2 Å². The molecule has 5 nitrogen and oxygen atoms in total. The lowest BCUT2D eigenvalue weighted by Gasteiger charge is -2.31. The molecule has 1 atom stereocenters. The molecule has 1 saturated heterocycles. The van der Waals surface area contributed by atoms with Gasteiger partial charge in [-0.05, 0) is 54.8 Å². The molecule has 0 spiro atoms. The van der Waals surface area contributed by atoms with Gasteiger partial charge in [-0.3, -0.25) is 4.79 Å². The van der Waals surface area contributed by atoms with Gasteiger partial charge >= 0.3 is 5.97 Å². The van der Waals surface area contributed by atoms with Crippen LogP contribution < -0.4 is 4.74 Å². The summed E-state index contributed by atoms with van der Waals surface area (Å²) in [6.45, 7) is 1.43. The van der Waals surface area contributed by atoms with Gasteiger partial charge < -0.3 is 9.84 Å². The SMILES string of the molecule is O=C(O)Cc1cc(OC2CCN(S(=O)C3CC3)CC2)c2cc(F)ccc2c1. The quantitative estimate of drug-likeness (QED) is 0.821. The molecule has 2 aromatic carbocycles. The number of hydrogen-bond acceptors (Lipinski definition) is 3. The second-order valence-corrected chi connectivity index (χ2v) is 8.99. The Balaban J connectivity index is 1.52. The molecule has 0 amide bonds. The third kappa shape index (κ3) is 4.30. The highest BCUT2D eigenvalue weighted by Crippen LogP contribution is 2.33. The molecule has 0 bridgehead atoms. The van der Waals surface area contributed by atoms with Crippen molar-refractivity contribution < 1.29 is 23.2 Å². The molecule has 1 heterocycles. The van der Waals surface area contributed by atoms with Gasteiger partial charge in [-0.2, -0.15) is 0 Å². The smallest absolute Gasteiger partial charge is 0.307 e. The van der Waals surface area contributed by atoms with Crippen LogP contribution in [0.3, 0.4) is 0 Å². The molecule has 1 aliphatic carbocycles. The molecule has 0 aromatic heterocycles. The lowest BCUT2D eigenvalue weighted by molar-refractivity contribution is -0.136. The Morgan fingerprint density at radius 3 is 2.59 bits per heavy atom. The monoisotopic (exact) mass is 391 g/mol. The van der Waals surface area contributed by atoms with Crippen LogP contribution in [-0.2, 0) is 22.2 Å². The van der Waals surface area contributed by atoms with Crippen LogP contribution in [0.4, 0.5) is 4.39 Å². The first-order valence-electron chi connectivity index (χ1n) is 9.26. The number of fused-ring (bicyclic) bond motifs is 1. The summed E-state index contributed by atoms with van der Waals surface area (Å²) in [6.07, 6.45) is 3.44. The normalized spacial score (nSPS) is 19.9. The van der Waals surface area contributed by atoms with Crippen molar-refractivity contribution in [2.75, 3.05) is 13.1 Å². The van der Waals surface area contributed by atoms with E-state index in [-0.39, 0.29) is 18.3 Å². The average molecular weight is 391 g/mol. The Morgan fingerprint density at radius 1 is 1.19 bits per heavy atom. The van der Waals surface area contributed by atoms with E-state index in [0.29, 0.717) is 21.9 Å². The molecule has 2 aliphatic rings. The number of carboxylic acids is 1. The van der Waals surface area contributed by atoms with Gasteiger partial charge in [-0.1, -0.05) is 12.1 Å². The van der Waals surface area contributed by atoms with Crippen molar-refractivity contribution in [3.05, 3.63) is 41.7 Å². The second-order valence-electron chi connectivity index (χ2n) is 7.25. The van der Waals surface area contributed by atoms with Crippen molar-refractivity contribution in [2.24, 2.45) is 0 Å². The zero-order valence-corrected chi connectivity index (χ0v) is 15.7. The Kier molecular flexibility index (Phi) is 5.14. The summed E-state index contributed by atoms with van der Waals surface area (Å²) in [7, 11) is -0.881. The van der Waals surface area contributed by atoms with Crippen LogP contribution in [0.2, 0.25) is 0 Å². The van der Waals surface area contributed by atoms with Crippen LogP contribution in [0.15, 0.2) is 30.3 Å². The molecular formula is C20H22FNO4S. The molecule has 0 radical (unpaired) electrons. The number of hydrogen-bond donors (Lipinski definition) is 1. The summed E-state index contributed by atoms with van der Waals surface area (Å²) in [5.74, 6) is -0.753. The van der Waals surface area contributed by atoms with Gasteiger partial charge in [-0.15, -0.1) is 0 Å². The van der Waals surface area contributed by atoms with E-state index in [9.17, 15) is 13.4 Å². The maximum atomic E-state index is 13.7. The van der Waals surface area contributed by atoms with Crippen molar-refractivity contribution in [3.63, 3.8) is 0 Å². The van der Waals surface area contributed by atoms with E-state index in [1.807, 2.05) is 4.31 Å². The number of nitrogens with zero attached hydrogens (tertiary/aromatic N) is 1. The number of benzene rings is 2. The summed E-state index contributed by atoms with van der Waals surface area (Å²) in [5.41, 5.74) is 0.629. The fourth-order valence-electron chi connectivity index (χ4n) is 3.52. The highest BCUT2D eigenvalue weighted by Gasteiger charge is 2.34. The van der Waals surface area contributed by atoms with Crippen molar-refractivity contribution in [1.29, 1.82) is 0 Å². The third-order valence-electron chi connectivity index (χ3n) is 5.05. The maximum Gasteiger partial charge on any atom is 0.307 e. The average Bonchev–Trinajstić information content (AvgIpc) is 3.47. The van der Waals surface area contributed by atoms with Crippen LogP contribution in [0.5, 0.6) is 5.75 Å². The highest BCUT2D eigenvalue weighted by molar-refractivity contribution is 7.83. The number of rotatable bonds is 6.